The summed E-state index contributed by atoms with van der Waals surface area (Å²) in [6, 6.07) is 1.25. The maximum Gasteiger partial charge on any atom is 0.325 e. The summed E-state index contributed by atoms with van der Waals surface area (Å²) >= 11 is 0. The Bertz CT molecular complexity index is 516. The molecule has 2 rings (SSSR count). The maximum absolute atomic E-state index is 11.5. The number of urea groups is 1. The van der Waals surface area contributed by atoms with Gasteiger partial charge >= 0.3 is 6.03 Å². The van der Waals surface area contributed by atoms with E-state index in [0.29, 0.717) is 17.3 Å². The van der Waals surface area contributed by atoms with E-state index < -0.39 is 0 Å². The number of aryl methyl sites for hydroxylation is 2. The van der Waals surface area contributed by atoms with Crippen LogP contribution in [0.15, 0.2) is 23.0 Å². The Morgan fingerprint density at radius 2 is 2.35 bits per heavy atom. The highest BCUT2D eigenvalue weighted by Crippen LogP contribution is 2.09. The lowest BCUT2D eigenvalue weighted by Gasteiger charge is -2.01. The second-order valence-electron chi connectivity index (χ2n) is 3.49. The van der Waals surface area contributed by atoms with Crippen LogP contribution >= 0.6 is 0 Å². The van der Waals surface area contributed by atoms with E-state index >= 15 is 0 Å². The van der Waals surface area contributed by atoms with Crippen molar-refractivity contribution < 1.29 is 9.32 Å². The van der Waals surface area contributed by atoms with Gasteiger partial charge in [0.05, 0.1) is 11.9 Å². The summed E-state index contributed by atoms with van der Waals surface area (Å²) in [7, 11) is 0. The number of carbonyl (C=O) groups is 1. The van der Waals surface area contributed by atoms with Gasteiger partial charge in [-0.1, -0.05) is 5.16 Å². The molecule has 2 heterocycles. The van der Waals surface area contributed by atoms with E-state index in [4.69, 9.17) is 4.52 Å². The summed E-state index contributed by atoms with van der Waals surface area (Å²) in [5.41, 5.74) is 0.629. The molecule has 0 aliphatic heterocycles. The zero-order valence-corrected chi connectivity index (χ0v) is 9.60. The minimum atomic E-state index is -0.381. The van der Waals surface area contributed by atoms with Gasteiger partial charge in [0.2, 0.25) is 0 Å². The molecule has 2 N–H and O–H groups in total. The van der Waals surface area contributed by atoms with Crippen LogP contribution in [-0.2, 0) is 6.54 Å². The number of anilines is 2. The molecule has 0 aliphatic rings. The quantitative estimate of drug-likeness (QED) is 0.850. The van der Waals surface area contributed by atoms with Crippen molar-refractivity contribution in [3.8, 4) is 0 Å². The summed E-state index contributed by atoms with van der Waals surface area (Å²) in [5.74, 6) is 1.02. The first-order valence-electron chi connectivity index (χ1n) is 5.21. The lowest BCUT2D eigenvalue weighted by molar-refractivity contribution is 0.262. The fraction of sp³-hybridized carbons (Fsp3) is 0.300. The van der Waals surface area contributed by atoms with E-state index in [9.17, 15) is 4.79 Å². The zero-order valence-electron chi connectivity index (χ0n) is 9.60. The van der Waals surface area contributed by atoms with Crippen LogP contribution in [0, 0.1) is 6.92 Å². The van der Waals surface area contributed by atoms with Crippen LogP contribution in [-0.4, -0.2) is 21.0 Å². The van der Waals surface area contributed by atoms with Crippen molar-refractivity contribution in [1.82, 2.24) is 14.9 Å². The van der Waals surface area contributed by atoms with Crippen molar-refractivity contribution in [2.24, 2.45) is 0 Å². The number of amides is 2. The Morgan fingerprint density at radius 3 is 2.94 bits per heavy atom. The molecule has 0 saturated carbocycles. The molecule has 2 aromatic heterocycles. The van der Waals surface area contributed by atoms with Crippen LogP contribution in [0.3, 0.4) is 0 Å². The fourth-order valence-corrected chi connectivity index (χ4v) is 1.31. The number of aromatic nitrogens is 3. The van der Waals surface area contributed by atoms with Gasteiger partial charge in [-0.3, -0.25) is 10.00 Å². The average molecular weight is 235 g/mol. The van der Waals surface area contributed by atoms with Gasteiger partial charge in [-0.05, 0) is 13.8 Å². The molecule has 7 nitrogen and oxygen atoms in total. The number of carbonyl (C=O) groups excluding carboxylic acids is 1. The third-order valence-electron chi connectivity index (χ3n) is 2.08. The lowest BCUT2D eigenvalue weighted by Crippen LogP contribution is -2.19. The molecule has 0 aliphatic carbocycles. The molecular weight excluding hydrogens is 222 g/mol. The van der Waals surface area contributed by atoms with Gasteiger partial charge in [0.25, 0.3) is 0 Å². The number of nitrogens with one attached hydrogen (secondary N) is 2. The smallest absolute Gasteiger partial charge is 0.325 e. The summed E-state index contributed by atoms with van der Waals surface area (Å²) in [5, 5.41) is 12.9. The first-order chi connectivity index (χ1) is 8.17. The predicted molar refractivity (Wildman–Crippen MR) is 61.8 cm³/mol. The topological polar surface area (TPSA) is 85.0 Å². The largest absolute Gasteiger partial charge is 0.360 e. The van der Waals surface area contributed by atoms with Gasteiger partial charge < -0.3 is 9.84 Å². The average Bonchev–Trinajstić information content (AvgIpc) is 2.88. The Kier molecular flexibility index (Phi) is 3.08. The SMILES string of the molecule is CCn1cc(NC(=O)Nc2cc(C)on2)cn1. The van der Waals surface area contributed by atoms with Crippen LogP contribution in [0.1, 0.15) is 12.7 Å². The molecule has 0 bridgehead atoms. The van der Waals surface area contributed by atoms with Gasteiger partial charge in [0, 0.05) is 18.8 Å². The molecule has 2 amide bonds. The summed E-state index contributed by atoms with van der Waals surface area (Å²) in [6.45, 7) is 4.47. The van der Waals surface area contributed by atoms with Gasteiger partial charge in [0.1, 0.15) is 5.76 Å². The highest BCUT2D eigenvalue weighted by atomic mass is 16.5. The molecule has 17 heavy (non-hydrogen) atoms. The van der Waals surface area contributed by atoms with Gasteiger partial charge in [-0.15, -0.1) is 0 Å². The van der Waals surface area contributed by atoms with E-state index in [-0.39, 0.29) is 6.03 Å². The normalized spacial score (nSPS) is 10.2. The first kappa shape index (κ1) is 11.2. The molecule has 7 heteroatoms. The summed E-state index contributed by atoms with van der Waals surface area (Å²) < 4.78 is 6.55. The molecule has 2 aromatic rings. The maximum atomic E-state index is 11.5. The zero-order chi connectivity index (χ0) is 12.3. The monoisotopic (exact) mass is 235 g/mol. The highest BCUT2D eigenvalue weighted by molar-refractivity contribution is 5.98. The van der Waals surface area contributed by atoms with Crippen molar-refractivity contribution in [1.29, 1.82) is 0 Å². The molecule has 0 atom stereocenters. The van der Waals surface area contributed by atoms with Crippen molar-refractivity contribution in [2.45, 2.75) is 20.4 Å². The minimum absolute atomic E-state index is 0.378. The number of rotatable bonds is 3. The Labute approximate surface area is 97.8 Å². The molecule has 0 unspecified atom stereocenters. The van der Waals surface area contributed by atoms with E-state index in [2.05, 4.69) is 20.9 Å². The van der Waals surface area contributed by atoms with Crippen LogP contribution in [0.25, 0.3) is 0 Å². The molecule has 0 spiro atoms. The first-order valence-corrected chi connectivity index (χ1v) is 5.21. The molecule has 0 aromatic carbocycles. The molecule has 90 valence electrons. The van der Waals surface area contributed by atoms with Gasteiger partial charge in [-0.2, -0.15) is 5.10 Å². The van der Waals surface area contributed by atoms with E-state index in [1.807, 2.05) is 6.92 Å². The molecular formula is C10H13N5O2. The van der Waals surface area contributed by atoms with E-state index in [0.717, 1.165) is 6.54 Å². The fourth-order valence-electron chi connectivity index (χ4n) is 1.31. The third kappa shape index (κ3) is 2.83. The van der Waals surface area contributed by atoms with Gasteiger partial charge in [-0.25, -0.2) is 4.79 Å². The van der Waals surface area contributed by atoms with E-state index in [1.54, 1.807) is 30.1 Å². The highest BCUT2D eigenvalue weighted by Gasteiger charge is 2.07. The van der Waals surface area contributed by atoms with Crippen molar-refractivity contribution in [3.05, 3.63) is 24.2 Å². The minimum Gasteiger partial charge on any atom is -0.360 e. The van der Waals surface area contributed by atoms with Crippen molar-refractivity contribution in [3.63, 3.8) is 0 Å². The standard InChI is InChI=1S/C10H13N5O2/c1-3-15-6-8(5-11-15)12-10(16)13-9-4-7(2)17-14-9/h4-6H,3H2,1-2H3,(H2,12,13,14,16). The third-order valence-corrected chi connectivity index (χ3v) is 2.08. The molecule has 0 saturated heterocycles. The van der Waals surface area contributed by atoms with E-state index in [1.165, 1.54) is 0 Å². The van der Waals surface area contributed by atoms with Crippen LogP contribution in [0.4, 0.5) is 16.3 Å². The van der Waals surface area contributed by atoms with Crippen LogP contribution in [0.2, 0.25) is 0 Å². The number of hydrogen-bond acceptors (Lipinski definition) is 4. The molecule has 0 radical (unpaired) electrons. The summed E-state index contributed by atoms with van der Waals surface area (Å²) in [6.07, 6.45) is 3.32. The Balaban J connectivity index is 1.93. The Hall–Kier alpha value is -2.31. The number of hydrogen-bond donors (Lipinski definition) is 2. The van der Waals surface area contributed by atoms with Crippen molar-refractivity contribution >= 4 is 17.5 Å². The molecule has 0 fully saturated rings. The second kappa shape index (κ2) is 4.69. The second-order valence-corrected chi connectivity index (χ2v) is 3.49. The van der Waals surface area contributed by atoms with Crippen LogP contribution < -0.4 is 10.6 Å². The Morgan fingerprint density at radius 1 is 1.53 bits per heavy atom. The lowest BCUT2D eigenvalue weighted by atomic mass is 10.5. The van der Waals surface area contributed by atoms with Crippen molar-refractivity contribution in [2.75, 3.05) is 10.6 Å². The van der Waals surface area contributed by atoms with Crippen LogP contribution in [0.5, 0.6) is 0 Å². The van der Waals surface area contributed by atoms with Gasteiger partial charge in [0.15, 0.2) is 5.82 Å². The predicted octanol–water partition coefficient (Wildman–Crippen LogP) is 1.84. The summed E-state index contributed by atoms with van der Waals surface area (Å²) in [4.78, 5) is 11.5. The number of nitrogens with zero attached hydrogens (tertiary/aromatic N) is 3.